The van der Waals surface area contributed by atoms with Crippen LogP contribution in [-0.4, -0.2) is 151 Å². The number of aliphatic hydroxyl groups excluding tert-OH is 1. The first-order chi connectivity index (χ1) is 67.0. The molecule has 8 heterocycles. The molecule has 11 fully saturated rings. The van der Waals surface area contributed by atoms with E-state index in [-0.39, 0.29) is 166 Å². The number of aliphatic imine (C=N–C) groups is 1. The van der Waals surface area contributed by atoms with Gasteiger partial charge in [0, 0.05) is 56.7 Å². The SMILES string of the molecule is C.C.C.C.C.C.C.CCO.COC1CCC2(CC1)Cc1ccc(CCC3CC3)cc1C21N=C(N)N(Cc2ncco2)C1=O.COC1CCC2(CC1)Cc1ccc(CCC3CC3)cc1C21NC(=O)N(Cc2ncco2)C1=O.COC1CCC2(CC1)Cc1ccc(CCC3CC3)cc1C21NC(=O)NC1=O.COC1CCC2(CC1)Cc1ccc(CCC3CC3)cc1C21NC(=S)N(Cc2ncco2)C1=O.ClCc1ncco1.NO. The third-order valence-corrected chi connectivity index (χ3v) is 34.3. The van der Waals surface area contributed by atoms with Gasteiger partial charge in [0.05, 0.1) is 55.1 Å². The molecule has 4 aliphatic heterocycles. The quantitative estimate of drug-likeness (QED) is 0.0128. The van der Waals surface area contributed by atoms with Crippen molar-refractivity contribution in [1.82, 2.24) is 55.9 Å². The molecule has 4 aromatic heterocycles. The second kappa shape index (κ2) is 48.5. The Labute approximate surface area is 869 Å². The molecule has 0 bridgehead atoms. The molecule has 24 rings (SSSR count). The third kappa shape index (κ3) is 22.2. The highest BCUT2D eigenvalue weighted by Crippen LogP contribution is 2.66. The fourth-order valence-corrected chi connectivity index (χ4v) is 26.0. The van der Waals surface area contributed by atoms with Gasteiger partial charge in [-0.2, -0.15) is 0 Å². The molecular weight excluding hydrogens is 1880 g/mol. The van der Waals surface area contributed by atoms with Crippen LogP contribution in [-0.2, 0) is 137 Å². The molecule has 8 amide bonds. The Kier molecular flexibility index (Phi) is 38.5. The number of nitrogens with one attached hydrogen (secondary N) is 4. The highest BCUT2D eigenvalue weighted by molar-refractivity contribution is 7.80. The Morgan fingerprint density at radius 2 is 0.717 bits per heavy atom. The van der Waals surface area contributed by atoms with E-state index in [1.54, 1.807) is 63.8 Å². The summed E-state index contributed by atoms with van der Waals surface area (Å²) in [4.78, 5) is 107. The summed E-state index contributed by atoms with van der Waals surface area (Å²) in [5.74, 6) is 9.20. The van der Waals surface area contributed by atoms with Gasteiger partial charge in [-0.05, 0) is 289 Å². The van der Waals surface area contributed by atoms with Gasteiger partial charge in [0.1, 0.15) is 44.7 Å². The molecule has 8 saturated carbocycles. The number of guanidine groups is 1. The Morgan fingerprint density at radius 1 is 0.414 bits per heavy atom. The number of aliphatic hydroxyl groups is 1. The Bertz CT molecular complexity index is 5460. The first kappa shape index (κ1) is 115. The molecule has 30 nitrogen and oxygen atoms in total. The van der Waals surface area contributed by atoms with E-state index in [0.717, 1.165) is 200 Å². The number of nitrogens with two attached hydrogens (primary N) is 2. The zero-order valence-electron chi connectivity index (χ0n) is 80.3. The van der Waals surface area contributed by atoms with Gasteiger partial charge in [-0.25, -0.2) is 40.4 Å². The molecule has 3 saturated heterocycles. The first-order valence-corrected chi connectivity index (χ1v) is 51.1. The number of aryl methyl sites for hydroxylation is 4. The van der Waals surface area contributed by atoms with Crippen LogP contribution >= 0.6 is 23.8 Å². The summed E-state index contributed by atoms with van der Waals surface area (Å²) in [5.41, 5.74) is 16.0. The summed E-state index contributed by atoms with van der Waals surface area (Å²) in [6.45, 7) is 2.44. The number of imide groups is 2. The number of carbonyl (C=O) groups is 6. The van der Waals surface area contributed by atoms with Crippen molar-refractivity contribution in [2.45, 2.75) is 362 Å². The van der Waals surface area contributed by atoms with Crippen molar-refractivity contribution in [2.24, 2.45) is 62.0 Å². The second-order valence-corrected chi connectivity index (χ2v) is 42.1. The van der Waals surface area contributed by atoms with Crippen molar-refractivity contribution in [3.63, 3.8) is 0 Å². The molecule has 16 aliphatic rings. The van der Waals surface area contributed by atoms with Crippen molar-refractivity contribution in [3.05, 3.63) is 213 Å². The monoisotopic (exact) mass is 2040 g/mol. The molecular formula is C113H163ClN14O16S. The molecule has 8 spiro atoms. The van der Waals surface area contributed by atoms with Gasteiger partial charge in [-0.15, -0.1) is 11.6 Å². The third-order valence-electron chi connectivity index (χ3n) is 33.7. The minimum absolute atomic E-state index is 0. The summed E-state index contributed by atoms with van der Waals surface area (Å²) in [6, 6.07) is 26.2. The van der Waals surface area contributed by atoms with Crippen LogP contribution in [0, 0.1) is 45.3 Å². The minimum atomic E-state index is -1.03. The maximum Gasteiger partial charge on any atom is 0.325 e. The number of fused-ring (bicyclic) bond motifs is 12. The van der Waals surface area contributed by atoms with E-state index in [9.17, 15) is 28.8 Å². The number of thiocarbonyl (C=S) groups is 1. The van der Waals surface area contributed by atoms with Crippen LogP contribution in [0.2, 0.25) is 0 Å². The van der Waals surface area contributed by atoms with Crippen molar-refractivity contribution in [1.29, 1.82) is 0 Å². The Balaban J connectivity index is 0.000000175. The highest BCUT2D eigenvalue weighted by Gasteiger charge is 2.72. The number of alkyl halides is 1. The van der Waals surface area contributed by atoms with E-state index in [1.807, 2.05) is 0 Å². The van der Waals surface area contributed by atoms with Crippen LogP contribution in [0.4, 0.5) is 9.59 Å². The molecule has 4 aromatic carbocycles. The number of aromatic nitrogens is 4. The fourth-order valence-electron chi connectivity index (χ4n) is 25.6. The van der Waals surface area contributed by atoms with E-state index in [4.69, 9.17) is 81.5 Å². The first-order valence-electron chi connectivity index (χ1n) is 50.2. The molecule has 4 atom stereocenters. The molecule has 8 aromatic rings. The largest absolute Gasteiger partial charge is 0.448 e. The van der Waals surface area contributed by atoms with E-state index < -0.39 is 22.2 Å². The van der Waals surface area contributed by atoms with Gasteiger partial charge in [0.15, 0.2) is 33.2 Å². The number of amides is 8. The average Bonchev–Trinajstić information content (AvgIpc) is 1.54. The summed E-state index contributed by atoms with van der Waals surface area (Å²) >= 11 is 11.1. The van der Waals surface area contributed by atoms with Crippen molar-refractivity contribution in [3.8, 4) is 0 Å². The predicted octanol–water partition coefficient (Wildman–Crippen LogP) is 20.5. The average molecular weight is 2040 g/mol. The smallest absolute Gasteiger partial charge is 0.325 e. The van der Waals surface area contributed by atoms with Crippen molar-refractivity contribution < 1.29 is 75.7 Å². The molecule has 10 N–H and O–H groups in total. The topological polar surface area (TPSA) is 406 Å². The second-order valence-electron chi connectivity index (χ2n) is 41.5. The molecule has 12 aliphatic carbocycles. The molecule has 794 valence electrons. The number of rotatable bonds is 23. The number of hydrogen-bond acceptors (Lipinski definition) is 24. The number of ether oxygens (including phenoxy) is 4. The standard InChI is InChI=1S/C26H32N4O3.C26H31N3O4.C26H31N3O3S.C22H28N2O3.C4H4ClNO.C2H6O.7CH4.H3NO/c1-32-20-8-10-25(11-9-20)15-19-7-6-18(5-4-17-2-3-17)14-21(19)26(25)23(31)30(24(27)29-26)16-22-28-12-13-33-22;1-32-20-8-10-25(11-9-20)15-19-7-6-18(5-4-17-2-3-17)14-21(19)26(25)23(30)29(24(31)28-26)16-22-27-12-13-33-22;1-31-20-8-10-25(11-9-20)15-19-7-6-18(5-4-17-2-3-17)14-21(19)26(25)23(30)29(24(33)28-26)16-22-27-12-13-32-22;1-27-17-8-10-21(11-9-17)13-16-7-6-15(5-4-14-2-3-14)12-18(16)22(21)19(25)23-20(26)24-22;5-3-4-6-1-2-7-4;1-2-3;;;;;;;;1-2/h6-7,12-14,17,20H,2-5,8-11,15-16H2,1H3,(H2,27,29);6-7,12-14,17,20H,2-5,8-11,15-16H2,1H3,(H,28,31);6-7,12-14,17,20H,2-5,8-11,15-16H2,1H3,(H,28,33);6-7,12,14,17H,2-5,8-11,13H2,1H3,(H2,23,24,25,26);1-2H,3H2;3H,2H2,1H3;7*1H4;2H,1H2. The number of hydrogen-bond donors (Lipinski definition) is 8. The number of nitrogens with zero attached hydrogens (tertiary/aromatic N) is 8. The molecule has 0 radical (unpaired) electrons. The lowest BCUT2D eigenvalue weighted by Gasteiger charge is -2.46. The van der Waals surface area contributed by atoms with Gasteiger partial charge in [-0.1, -0.05) is 176 Å². The zero-order valence-corrected chi connectivity index (χ0v) is 81.9. The number of benzene rings is 4. The van der Waals surface area contributed by atoms with Crippen LogP contribution in [0.1, 0.15) is 329 Å². The van der Waals surface area contributed by atoms with Crippen LogP contribution in [0.25, 0.3) is 0 Å². The van der Waals surface area contributed by atoms with Crippen LogP contribution in [0.15, 0.2) is 145 Å². The minimum Gasteiger partial charge on any atom is -0.448 e. The van der Waals surface area contributed by atoms with E-state index in [2.05, 4.69) is 120 Å². The highest BCUT2D eigenvalue weighted by atomic mass is 35.5. The van der Waals surface area contributed by atoms with Gasteiger partial charge >= 0.3 is 12.1 Å². The summed E-state index contributed by atoms with van der Waals surface area (Å²) < 4.78 is 43.5. The summed E-state index contributed by atoms with van der Waals surface area (Å²) in [6.07, 6.45) is 51.2. The van der Waals surface area contributed by atoms with Crippen molar-refractivity contribution in [2.75, 3.05) is 35.0 Å². The number of urea groups is 2. The summed E-state index contributed by atoms with van der Waals surface area (Å²) in [7, 11) is 7.09. The Hall–Kier alpha value is -10.1. The normalized spacial score (nSPS) is 28.2. The number of carbonyl (C=O) groups excluding carboxylic acids is 6. The number of oxazole rings is 4. The lowest BCUT2D eigenvalue weighted by Crippen LogP contribution is -2.56. The predicted molar refractivity (Wildman–Crippen MR) is 564 cm³/mol. The lowest BCUT2D eigenvalue weighted by atomic mass is 9.61. The lowest BCUT2D eigenvalue weighted by molar-refractivity contribution is -0.139. The molecule has 4 unspecified atom stereocenters. The van der Waals surface area contributed by atoms with E-state index >= 15 is 0 Å². The van der Waals surface area contributed by atoms with Crippen LogP contribution in [0.5, 0.6) is 0 Å². The van der Waals surface area contributed by atoms with Crippen LogP contribution < -0.4 is 32.9 Å². The molecule has 145 heavy (non-hydrogen) atoms. The van der Waals surface area contributed by atoms with Gasteiger partial charge < -0.3 is 68.6 Å². The Morgan fingerprint density at radius 3 is 1.04 bits per heavy atom. The van der Waals surface area contributed by atoms with Crippen LogP contribution in [0.3, 0.4) is 0 Å². The zero-order chi connectivity index (χ0) is 96.4. The molecule has 32 heteroatoms. The summed E-state index contributed by atoms with van der Waals surface area (Å²) in [5, 5.41) is 27.0. The maximum atomic E-state index is 14.3. The van der Waals surface area contributed by atoms with Gasteiger partial charge in [0.2, 0.25) is 23.6 Å². The number of halogens is 1. The fraction of sp³-hybridized carbons (Fsp3) is 0.611. The van der Waals surface area contributed by atoms with Gasteiger partial charge in [0.25, 0.3) is 23.6 Å². The van der Waals surface area contributed by atoms with E-state index in [1.165, 1.54) is 158 Å². The van der Waals surface area contributed by atoms with Crippen molar-refractivity contribution >= 4 is 70.6 Å². The maximum absolute atomic E-state index is 14.3. The number of methoxy groups -OCH3 is 4. The van der Waals surface area contributed by atoms with E-state index in [0.29, 0.717) is 34.6 Å². The van der Waals surface area contributed by atoms with Gasteiger partial charge in [-0.3, -0.25) is 39.2 Å².